The van der Waals surface area contributed by atoms with Crippen molar-refractivity contribution in [3.8, 4) is 11.5 Å². The zero-order valence-electron chi connectivity index (χ0n) is 13.7. The number of ether oxygens (including phenoxy) is 2. The first-order valence-electron chi connectivity index (χ1n) is 7.42. The number of aryl methyl sites for hydroxylation is 1. The number of nitrogens with one attached hydrogen (secondary N) is 1. The van der Waals surface area contributed by atoms with E-state index < -0.39 is 0 Å². The number of halogens is 2. The van der Waals surface area contributed by atoms with Crippen LogP contribution in [0, 0.1) is 6.92 Å². The van der Waals surface area contributed by atoms with Gasteiger partial charge in [0.25, 0.3) is 5.91 Å². The maximum absolute atomic E-state index is 12.1. The molecule has 2 aromatic carbocycles. The largest absolute Gasteiger partial charge is 0.496 e. The third-order valence-electron chi connectivity index (χ3n) is 3.48. The predicted molar refractivity (Wildman–Crippen MR) is 96.2 cm³/mol. The van der Waals surface area contributed by atoms with Crippen LogP contribution in [0.5, 0.6) is 11.5 Å². The van der Waals surface area contributed by atoms with Crippen LogP contribution in [0.15, 0.2) is 36.4 Å². The molecule has 0 bridgehead atoms. The second kappa shape index (κ2) is 8.27. The van der Waals surface area contributed by atoms with Gasteiger partial charge in [0.05, 0.1) is 18.2 Å². The average Bonchev–Trinajstić information content (AvgIpc) is 2.54. The van der Waals surface area contributed by atoms with E-state index in [0.29, 0.717) is 15.8 Å². The van der Waals surface area contributed by atoms with Gasteiger partial charge in [-0.1, -0.05) is 40.9 Å². The number of benzene rings is 2. The molecule has 1 amide bonds. The fraction of sp³-hybridized carbons (Fsp3) is 0.278. The molecule has 0 heterocycles. The molecule has 0 saturated heterocycles. The summed E-state index contributed by atoms with van der Waals surface area (Å²) in [6.45, 7) is 3.74. The van der Waals surface area contributed by atoms with Crippen molar-refractivity contribution in [2.24, 2.45) is 0 Å². The van der Waals surface area contributed by atoms with Crippen molar-refractivity contribution in [2.45, 2.75) is 19.9 Å². The maximum atomic E-state index is 12.1. The topological polar surface area (TPSA) is 47.6 Å². The van der Waals surface area contributed by atoms with Crippen LogP contribution < -0.4 is 14.8 Å². The zero-order chi connectivity index (χ0) is 17.7. The van der Waals surface area contributed by atoms with E-state index in [1.165, 1.54) is 0 Å². The monoisotopic (exact) mass is 367 g/mol. The van der Waals surface area contributed by atoms with E-state index in [1.807, 2.05) is 32.0 Å². The number of carbonyl (C=O) groups excluding carboxylic acids is 1. The van der Waals surface area contributed by atoms with Gasteiger partial charge < -0.3 is 14.8 Å². The fourth-order valence-electron chi connectivity index (χ4n) is 2.29. The summed E-state index contributed by atoms with van der Waals surface area (Å²) < 4.78 is 10.8. The predicted octanol–water partition coefficient (Wildman–Crippen LogP) is 4.57. The lowest BCUT2D eigenvalue weighted by atomic mass is 10.0. The molecular formula is C18H19Cl2NO3. The van der Waals surface area contributed by atoms with Gasteiger partial charge in [-0.2, -0.15) is 0 Å². The number of hydrogen-bond donors (Lipinski definition) is 1. The molecule has 0 fully saturated rings. The minimum Gasteiger partial charge on any atom is -0.496 e. The molecule has 2 rings (SSSR count). The van der Waals surface area contributed by atoms with Gasteiger partial charge >= 0.3 is 0 Å². The van der Waals surface area contributed by atoms with Crippen LogP contribution in [-0.2, 0) is 4.79 Å². The van der Waals surface area contributed by atoms with Crippen molar-refractivity contribution in [3.63, 3.8) is 0 Å². The summed E-state index contributed by atoms with van der Waals surface area (Å²) in [6.07, 6.45) is 0. The Morgan fingerprint density at radius 3 is 2.54 bits per heavy atom. The van der Waals surface area contributed by atoms with E-state index in [9.17, 15) is 4.79 Å². The Hall–Kier alpha value is -1.91. The minimum atomic E-state index is -0.253. The maximum Gasteiger partial charge on any atom is 0.258 e. The SMILES string of the molecule is COc1ccc(C)cc1[C@@H](C)NC(=O)COc1ccc(Cl)cc1Cl. The molecule has 0 saturated carbocycles. The lowest BCUT2D eigenvalue weighted by molar-refractivity contribution is -0.123. The van der Waals surface area contributed by atoms with Crippen LogP contribution in [0.4, 0.5) is 0 Å². The van der Waals surface area contributed by atoms with Crippen molar-refractivity contribution >= 4 is 29.1 Å². The van der Waals surface area contributed by atoms with Crippen molar-refractivity contribution in [1.82, 2.24) is 5.32 Å². The molecule has 2 aromatic rings. The molecule has 24 heavy (non-hydrogen) atoms. The first kappa shape index (κ1) is 18.4. The highest BCUT2D eigenvalue weighted by Crippen LogP contribution is 2.28. The van der Waals surface area contributed by atoms with E-state index in [1.54, 1.807) is 25.3 Å². The second-order valence-electron chi connectivity index (χ2n) is 5.40. The van der Waals surface area contributed by atoms with E-state index in [4.69, 9.17) is 32.7 Å². The Morgan fingerprint density at radius 2 is 1.88 bits per heavy atom. The molecular weight excluding hydrogens is 349 g/mol. The number of amides is 1. The van der Waals surface area contributed by atoms with Crippen LogP contribution in [0.3, 0.4) is 0 Å². The lowest BCUT2D eigenvalue weighted by Crippen LogP contribution is -2.31. The number of methoxy groups -OCH3 is 1. The molecule has 0 aliphatic rings. The quantitative estimate of drug-likeness (QED) is 0.813. The summed E-state index contributed by atoms with van der Waals surface area (Å²) in [4.78, 5) is 12.1. The molecule has 0 aliphatic heterocycles. The van der Waals surface area contributed by atoms with E-state index in [-0.39, 0.29) is 18.6 Å². The highest BCUT2D eigenvalue weighted by Gasteiger charge is 2.15. The first-order valence-corrected chi connectivity index (χ1v) is 8.18. The van der Waals surface area contributed by atoms with E-state index in [0.717, 1.165) is 16.9 Å². The van der Waals surface area contributed by atoms with Gasteiger partial charge in [0.2, 0.25) is 0 Å². The zero-order valence-corrected chi connectivity index (χ0v) is 15.2. The number of hydrogen-bond acceptors (Lipinski definition) is 3. The van der Waals surface area contributed by atoms with Crippen molar-refractivity contribution in [3.05, 3.63) is 57.6 Å². The van der Waals surface area contributed by atoms with Gasteiger partial charge in [-0.05, 0) is 38.1 Å². The van der Waals surface area contributed by atoms with Crippen LogP contribution in [0.1, 0.15) is 24.1 Å². The van der Waals surface area contributed by atoms with E-state index in [2.05, 4.69) is 5.32 Å². The molecule has 0 unspecified atom stereocenters. The Labute approximate surface area is 151 Å². The number of carbonyl (C=O) groups is 1. The first-order chi connectivity index (χ1) is 11.4. The normalized spacial score (nSPS) is 11.7. The summed E-state index contributed by atoms with van der Waals surface area (Å²) in [7, 11) is 1.61. The molecule has 0 spiro atoms. The molecule has 1 N–H and O–H groups in total. The summed E-state index contributed by atoms with van der Waals surface area (Å²) in [5.74, 6) is 0.893. The van der Waals surface area contributed by atoms with Gasteiger partial charge in [0, 0.05) is 10.6 Å². The molecule has 128 valence electrons. The van der Waals surface area contributed by atoms with Gasteiger partial charge in [-0.15, -0.1) is 0 Å². The summed E-state index contributed by atoms with van der Waals surface area (Å²) >= 11 is 11.8. The summed E-state index contributed by atoms with van der Waals surface area (Å²) in [5, 5.41) is 3.76. The smallest absolute Gasteiger partial charge is 0.258 e. The van der Waals surface area contributed by atoms with Gasteiger partial charge in [-0.3, -0.25) is 4.79 Å². The van der Waals surface area contributed by atoms with Gasteiger partial charge in [0.15, 0.2) is 6.61 Å². The Kier molecular flexibility index (Phi) is 6.35. The standard InChI is InChI=1S/C18H19Cl2NO3/c1-11-4-6-16(23-3)14(8-11)12(2)21-18(22)10-24-17-7-5-13(19)9-15(17)20/h4-9,12H,10H2,1-3H3,(H,21,22)/t12-/m1/s1. The summed E-state index contributed by atoms with van der Waals surface area (Å²) in [5.41, 5.74) is 2.01. The van der Waals surface area contributed by atoms with Crippen molar-refractivity contribution in [2.75, 3.05) is 13.7 Å². The third kappa shape index (κ3) is 4.79. The fourth-order valence-corrected chi connectivity index (χ4v) is 2.75. The van der Waals surface area contributed by atoms with E-state index >= 15 is 0 Å². The third-order valence-corrected chi connectivity index (χ3v) is 4.01. The Bertz CT molecular complexity index is 734. The summed E-state index contributed by atoms with van der Waals surface area (Å²) in [6, 6.07) is 10.5. The van der Waals surface area contributed by atoms with Gasteiger partial charge in [-0.25, -0.2) is 0 Å². The van der Waals surface area contributed by atoms with Crippen LogP contribution in [0.25, 0.3) is 0 Å². The number of rotatable bonds is 6. The van der Waals surface area contributed by atoms with Crippen molar-refractivity contribution in [1.29, 1.82) is 0 Å². The molecule has 0 radical (unpaired) electrons. The highest BCUT2D eigenvalue weighted by molar-refractivity contribution is 6.35. The molecule has 6 heteroatoms. The molecule has 0 aromatic heterocycles. The lowest BCUT2D eigenvalue weighted by Gasteiger charge is -2.18. The minimum absolute atomic E-state index is 0.139. The van der Waals surface area contributed by atoms with Crippen LogP contribution in [0.2, 0.25) is 10.0 Å². The van der Waals surface area contributed by atoms with Gasteiger partial charge in [0.1, 0.15) is 11.5 Å². The van der Waals surface area contributed by atoms with Crippen LogP contribution in [-0.4, -0.2) is 19.6 Å². The average molecular weight is 368 g/mol. The Balaban J connectivity index is 1.98. The molecule has 4 nitrogen and oxygen atoms in total. The van der Waals surface area contributed by atoms with Crippen molar-refractivity contribution < 1.29 is 14.3 Å². The molecule has 0 aliphatic carbocycles. The molecule has 1 atom stereocenters. The highest BCUT2D eigenvalue weighted by atomic mass is 35.5. The van der Waals surface area contributed by atoms with Crippen LogP contribution >= 0.6 is 23.2 Å². The Morgan fingerprint density at radius 1 is 1.17 bits per heavy atom. The second-order valence-corrected chi connectivity index (χ2v) is 6.24.